The van der Waals surface area contributed by atoms with Crippen molar-refractivity contribution in [1.82, 2.24) is 36.9 Å². The second-order valence-corrected chi connectivity index (χ2v) is 18.5. The molecule has 0 aromatic rings. The van der Waals surface area contributed by atoms with Crippen LogP contribution in [0.3, 0.4) is 0 Å². The quantitative estimate of drug-likeness (QED) is 0.100. The molecule has 0 aliphatic rings. The average molecular weight is 1240 g/mol. The van der Waals surface area contributed by atoms with Gasteiger partial charge in [0.15, 0.2) is 0 Å². The van der Waals surface area contributed by atoms with Crippen LogP contribution in [-0.2, 0) is 165 Å². The Balaban J connectivity index is -0.0000000198. The van der Waals surface area contributed by atoms with E-state index in [1.54, 1.807) is 0 Å². The van der Waals surface area contributed by atoms with Crippen molar-refractivity contribution < 1.29 is 217 Å². The Morgan fingerprint density at radius 3 is 0.171 bits per heavy atom. The Labute approximate surface area is 251 Å². The van der Waals surface area contributed by atoms with Gasteiger partial charge in [-0.2, -0.15) is 0 Å². The molecule has 41 heteroatoms. The van der Waals surface area contributed by atoms with Crippen molar-refractivity contribution in [3.63, 3.8) is 0 Å². The molecule has 0 rings (SSSR count). The Morgan fingerprint density at radius 1 is 0.171 bits per heavy atom. The van der Waals surface area contributed by atoms with Gasteiger partial charge in [0.1, 0.15) is 0 Å². The molecule has 0 aliphatic heterocycles. The fourth-order valence-electron chi connectivity index (χ4n) is 0. The molecule has 0 unspecified atom stereocenters. The van der Waals surface area contributed by atoms with Crippen LogP contribution in [0.2, 0.25) is 0 Å². The molecule has 32 N–H and O–H groups in total. The summed E-state index contributed by atoms with van der Waals surface area (Å²) in [6, 6.07) is 0. The van der Waals surface area contributed by atoms with E-state index in [0.29, 0.717) is 0 Å². The van der Waals surface area contributed by atoms with Crippen LogP contribution >= 0.6 is 0 Å². The molecule has 0 heterocycles. The predicted octanol–water partition coefficient (Wildman–Crippen LogP) is -8.51. The van der Waals surface area contributed by atoms with E-state index in [-0.39, 0.29) is 36.9 Å². The number of hydrogen-bond acceptors (Lipinski definition) is 20. The fourth-order valence-corrected chi connectivity index (χ4v) is 0. The van der Waals surface area contributed by atoms with Crippen molar-refractivity contribution in [2.24, 2.45) is 0 Å². The van der Waals surface area contributed by atoms with Gasteiger partial charge in [0.25, 0.3) is 0 Å². The van der Waals surface area contributed by atoms with Crippen LogP contribution in [0.4, 0.5) is 0 Å². The van der Waals surface area contributed by atoms with E-state index >= 15 is 0 Å². The SMILES string of the molecule is N.N.N.N.N.N.[O]=[Mo](=[O])([OH])[OH].[O]=[Mo](=[O])([OH])[OH].[O]=[Mo](=[O])([OH])[OH].[O]=[Mo](=[O])([OH])[OH].[O]=[Mo](=[O])([OH])[OH].[O]=[Mo](=[O])([OH])[OH].[O]=[Mo](=[O])([OH])[OH]. The summed E-state index contributed by atoms with van der Waals surface area (Å²) in [4.78, 5) is 0. The first-order chi connectivity index (χ1) is 14.0. The molecule has 0 atom stereocenters. The molecule has 0 bridgehead atoms. The molecule has 0 aromatic heterocycles. The Hall–Kier alpha value is 1.22. The number of rotatable bonds is 0. The van der Waals surface area contributed by atoms with Gasteiger partial charge in [-0.3, -0.25) is 0 Å². The first-order valence-corrected chi connectivity index (χ1v) is 28.9. The zero-order chi connectivity index (χ0) is 31.5. The molecule has 0 aliphatic carbocycles. The molecule has 0 aromatic carbocycles. The van der Waals surface area contributed by atoms with Crippen molar-refractivity contribution >= 4 is 0 Å². The minimum atomic E-state index is -5.52. The van der Waals surface area contributed by atoms with Crippen LogP contribution in [0, 0.1) is 0 Å². The van der Waals surface area contributed by atoms with E-state index in [1.807, 2.05) is 0 Å². The Morgan fingerprint density at radius 2 is 0.171 bits per heavy atom. The fraction of sp³-hybridized carbons (Fsp3) is 0. The van der Waals surface area contributed by atoms with Crippen molar-refractivity contribution in [3.05, 3.63) is 0 Å². The molecule has 0 radical (unpaired) electrons. The van der Waals surface area contributed by atoms with Crippen LogP contribution in [-0.4, -0.2) is 52.6 Å². The zero-order valence-corrected chi connectivity index (χ0v) is 33.1. The van der Waals surface area contributed by atoms with Gasteiger partial charge >= 0.3 is 217 Å². The third-order valence-corrected chi connectivity index (χ3v) is 0. The zero-order valence-electron chi connectivity index (χ0n) is 19.1. The summed E-state index contributed by atoms with van der Waals surface area (Å²) in [5.41, 5.74) is 0. The summed E-state index contributed by atoms with van der Waals surface area (Å²) in [7, 11) is 0. The average Bonchev–Trinajstić information content (AvgIpc) is 2.06. The molecular weight excluding hydrogens is 1200 g/mol. The van der Waals surface area contributed by atoms with E-state index in [2.05, 4.69) is 0 Å². The van der Waals surface area contributed by atoms with Crippen LogP contribution in [0.5, 0.6) is 0 Å². The molecule has 0 fully saturated rings. The molecule has 0 spiro atoms. The van der Waals surface area contributed by atoms with Gasteiger partial charge in [0, 0.05) is 0 Å². The number of hydrogen-bond donors (Lipinski definition) is 20. The van der Waals surface area contributed by atoms with Gasteiger partial charge in [0.05, 0.1) is 0 Å². The summed E-state index contributed by atoms with van der Waals surface area (Å²) >= 11 is -38.6. The standard InChI is InChI=1S/7Mo.6H3N.14H2O.14O/h;;;;;;;6*1H3;14*1H2;;;;;;;;;;;;;;/q7*+2;;;;;;;;;;;;;;;;;;;;;;;;;;;;;;;;;;/p-14. The van der Waals surface area contributed by atoms with Gasteiger partial charge < -0.3 is 36.9 Å². The van der Waals surface area contributed by atoms with E-state index in [0.717, 1.165) is 0 Å². The summed E-state index contributed by atoms with van der Waals surface area (Å²) in [5, 5.41) is 0. The second kappa shape index (κ2) is 35.7. The van der Waals surface area contributed by atoms with E-state index in [4.69, 9.17) is 100 Å². The van der Waals surface area contributed by atoms with Crippen LogP contribution in [0.15, 0.2) is 0 Å². The third kappa shape index (κ3) is 42700. The molecule has 0 amide bonds. The van der Waals surface area contributed by atoms with E-state index < -0.39 is 117 Å². The van der Waals surface area contributed by atoms with Crippen LogP contribution < -0.4 is 36.9 Å². The predicted molar refractivity (Wildman–Crippen MR) is 70.8 cm³/mol. The topological polar surface area (TPSA) is 732 Å². The van der Waals surface area contributed by atoms with Crippen molar-refractivity contribution in [2.75, 3.05) is 0 Å². The maximum atomic E-state index is 8.85. The Kier molecular flexibility index (Phi) is 73.1. The van der Waals surface area contributed by atoms with Crippen LogP contribution in [0.1, 0.15) is 0 Å². The molecule has 34 nitrogen and oxygen atoms in total. The summed E-state index contributed by atoms with van der Waals surface area (Å²) in [6.45, 7) is 0. The molecule has 0 saturated carbocycles. The summed E-state index contributed by atoms with van der Waals surface area (Å²) in [6.07, 6.45) is 0. The van der Waals surface area contributed by atoms with Crippen molar-refractivity contribution in [2.45, 2.75) is 0 Å². The van der Waals surface area contributed by atoms with Crippen molar-refractivity contribution in [3.8, 4) is 0 Å². The van der Waals surface area contributed by atoms with Gasteiger partial charge in [-0.25, -0.2) is 0 Å². The summed E-state index contributed by atoms with van der Waals surface area (Å²) < 4.78 is 224. The first-order valence-electron chi connectivity index (χ1n) is 4.89. The van der Waals surface area contributed by atoms with Gasteiger partial charge in [0.2, 0.25) is 0 Å². The maximum absolute atomic E-state index is 8.85. The normalized spacial score (nSPS) is 9.90. The van der Waals surface area contributed by atoms with Gasteiger partial charge in [-0.1, -0.05) is 0 Å². The second-order valence-electron chi connectivity index (χ2n) is 3.13. The minimum absolute atomic E-state index is 0. The third-order valence-electron chi connectivity index (χ3n) is 0. The molecule has 272 valence electrons. The molecule has 0 saturated heterocycles. The van der Waals surface area contributed by atoms with E-state index in [9.17, 15) is 0 Å². The van der Waals surface area contributed by atoms with Gasteiger partial charge in [-0.05, 0) is 0 Å². The molecular formula is H32Mo7N6O28. The van der Waals surface area contributed by atoms with Crippen LogP contribution in [0.25, 0.3) is 0 Å². The van der Waals surface area contributed by atoms with Crippen molar-refractivity contribution in [1.29, 1.82) is 0 Å². The van der Waals surface area contributed by atoms with E-state index in [1.165, 1.54) is 0 Å². The first kappa shape index (κ1) is 84.0. The molecule has 41 heavy (non-hydrogen) atoms. The van der Waals surface area contributed by atoms with Gasteiger partial charge in [-0.15, -0.1) is 0 Å². The Bertz CT molecular complexity index is 927. The monoisotopic (exact) mass is 1250 g/mol. The summed E-state index contributed by atoms with van der Waals surface area (Å²) in [5.74, 6) is 0.